The number of aliphatic hydroxyl groups is 16. The van der Waals surface area contributed by atoms with Crippen LogP contribution in [0.3, 0.4) is 0 Å². The van der Waals surface area contributed by atoms with Crippen LogP contribution in [0.15, 0.2) is 17.0 Å². The molecule has 0 spiro atoms. The van der Waals surface area contributed by atoms with E-state index in [2.05, 4.69) is 57.2 Å². The van der Waals surface area contributed by atoms with Crippen LogP contribution in [0.4, 0.5) is 0 Å². The van der Waals surface area contributed by atoms with Gasteiger partial charge in [-0.2, -0.15) is 0 Å². The number of Topliss-reactive ketones (excluding diaryl/α,β-unsaturated/α-hetero) is 3. The molecule has 79 heavy (non-hydrogen) atoms. The molecule has 0 aromatic heterocycles. The first-order chi connectivity index (χ1) is 36.7. The van der Waals surface area contributed by atoms with Gasteiger partial charge < -0.3 is 87.0 Å². The fourth-order valence-corrected chi connectivity index (χ4v) is 8.64. The topological polar surface area (TPSA) is 411 Å². The fraction of sp³-hybridized carbons (Fsp3) is 0.895. The van der Waals surface area contributed by atoms with Crippen molar-refractivity contribution in [3.63, 3.8) is 0 Å². The van der Waals surface area contributed by atoms with Crippen molar-refractivity contribution in [1.29, 1.82) is 0 Å². The Labute approximate surface area is 472 Å². The molecule has 0 aromatic carbocycles. The maximum atomic E-state index is 12.3. The summed E-state index contributed by atoms with van der Waals surface area (Å²) >= 11 is 0. The Kier molecular flexibility index (Phi) is 46.8. The summed E-state index contributed by atoms with van der Waals surface area (Å²) in [4.78, 5) is 40.8. The molecule has 18 N–H and O–H groups in total. The van der Waals surface area contributed by atoms with Gasteiger partial charge >= 0.3 is 0 Å². The zero-order chi connectivity index (χ0) is 61.7. The second-order valence-corrected chi connectivity index (χ2v) is 23.2. The van der Waals surface area contributed by atoms with Gasteiger partial charge in [0.2, 0.25) is 0 Å². The summed E-state index contributed by atoms with van der Waals surface area (Å²) in [7, 11) is 0. The molecule has 15 atom stereocenters. The highest BCUT2D eigenvalue weighted by Gasteiger charge is 2.34. The first-order valence-electron chi connectivity index (χ1n) is 28.7. The van der Waals surface area contributed by atoms with Crippen LogP contribution < -0.4 is 10.6 Å². The summed E-state index contributed by atoms with van der Waals surface area (Å²) in [6.07, 6.45) is -7.49. The lowest BCUT2D eigenvalue weighted by atomic mass is 9.84. The van der Waals surface area contributed by atoms with Gasteiger partial charge in [-0.1, -0.05) is 102 Å². The highest BCUT2D eigenvalue weighted by atomic mass is 16.4. The van der Waals surface area contributed by atoms with Crippen molar-refractivity contribution in [2.75, 3.05) is 39.5 Å². The molecule has 0 fully saturated rings. The second kappa shape index (κ2) is 45.8. The van der Waals surface area contributed by atoms with Crippen molar-refractivity contribution in [2.45, 2.75) is 234 Å². The summed E-state index contributed by atoms with van der Waals surface area (Å²) in [6.45, 7) is 23.3. The van der Waals surface area contributed by atoms with Gasteiger partial charge in [0, 0.05) is 61.0 Å². The SMILES string of the molecule is CC(C)CC(CCCCN/C=C(\O)C(O)C(O)C(O)CO)C(=O)C(C)C.CC(C)CC(CCCCN=CC(O)C(O)C(O)C(O)CO)C(=O)C(C)C.CC(C)CC(CCCCNC(O)C(O)C(O)C(O)C(O)CO)C(=O)C(C)C. The molecule has 0 bridgehead atoms. The number of carbonyl (C=O) groups is 3. The minimum Gasteiger partial charge on any atom is -0.508 e. The standard InChI is InChI=1S/C19H39NO7.2C19H37NO6/c1-11(2)9-13(15(23)12(3)4)7-5-6-8-20-19(27)18(26)17(25)16(24)14(22)10-21;2*1-12(2)9-14(17(24)13(3)4)7-5-6-8-20-10-15(22)18(25)19(26)16(23)11-21/h11-14,16-22,24-27H,5-10H2,1-4H3;10,12-14,16,18-23,25-26H,5-9,11H2,1-4H3;10,12-16,18-19,21-23,25-26H,5-9,11H2,1-4H3/b;15-10-;. The van der Waals surface area contributed by atoms with Crippen LogP contribution in [0, 0.1) is 53.3 Å². The molecule has 22 heteroatoms. The first-order valence-corrected chi connectivity index (χ1v) is 28.7. The number of rotatable bonds is 43. The number of carbonyl (C=O) groups excluding carboxylic acids is 3. The quantitative estimate of drug-likeness (QED) is 0.0176. The highest BCUT2D eigenvalue weighted by molar-refractivity contribution is 5.83. The number of aliphatic imine (C=N–C) groups is 1. The third kappa shape index (κ3) is 36.6. The van der Waals surface area contributed by atoms with E-state index in [9.17, 15) is 80.8 Å². The van der Waals surface area contributed by atoms with Crippen LogP contribution in [0.2, 0.25) is 0 Å². The van der Waals surface area contributed by atoms with Gasteiger partial charge in [0.15, 0.2) is 0 Å². The monoisotopic (exact) mass is 1140 g/mol. The first kappa shape index (κ1) is 80.6. The van der Waals surface area contributed by atoms with E-state index < -0.39 is 99.0 Å². The summed E-state index contributed by atoms with van der Waals surface area (Å²) in [6, 6.07) is 0. The van der Waals surface area contributed by atoms with Crippen LogP contribution in [0.5, 0.6) is 0 Å². The van der Waals surface area contributed by atoms with Gasteiger partial charge in [0.25, 0.3) is 0 Å². The van der Waals surface area contributed by atoms with Gasteiger partial charge in [-0.15, -0.1) is 0 Å². The van der Waals surface area contributed by atoms with E-state index in [1.165, 1.54) is 6.20 Å². The van der Waals surface area contributed by atoms with E-state index in [4.69, 9.17) is 15.3 Å². The lowest BCUT2D eigenvalue weighted by Crippen LogP contribution is -2.53. The molecule has 0 saturated carbocycles. The Hall–Kier alpha value is -2.62. The molecule has 0 amide bonds. The summed E-state index contributed by atoms with van der Waals surface area (Å²) in [5.41, 5.74) is 0. The van der Waals surface area contributed by atoms with E-state index >= 15 is 0 Å². The molecule has 0 rings (SSSR count). The summed E-state index contributed by atoms with van der Waals surface area (Å²) < 4.78 is 0. The van der Waals surface area contributed by atoms with Crippen LogP contribution in [0.1, 0.15) is 160 Å². The van der Waals surface area contributed by atoms with Gasteiger partial charge in [-0.25, -0.2) is 0 Å². The van der Waals surface area contributed by atoms with E-state index in [0.29, 0.717) is 55.4 Å². The Morgan fingerprint density at radius 3 is 1.16 bits per heavy atom. The van der Waals surface area contributed by atoms with Crippen LogP contribution >= 0.6 is 0 Å². The van der Waals surface area contributed by atoms with Crippen molar-refractivity contribution >= 4 is 23.6 Å². The Morgan fingerprint density at radius 1 is 0.443 bits per heavy atom. The predicted molar refractivity (Wildman–Crippen MR) is 303 cm³/mol. The minimum absolute atomic E-state index is 0.00558. The number of hydrogen-bond acceptors (Lipinski definition) is 22. The zero-order valence-corrected chi connectivity index (χ0v) is 49.8. The Morgan fingerprint density at radius 2 is 0.797 bits per heavy atom. The van der Waals surface area contributed by atoms with Gasteiger partial charge in [-0.05, 0) is 82.1 Å². The van der Waals surface area contributed by atoms with E-state index in [-0.39, 0.29) is 41.3 Å². The highest BCUT2D eigenvalue weighted by Crippen LogP contribution is 2.25. The van der Waals surface area contributed by atoms with Crippen molar-refractivity contribution in [3.05, 3.63) is 12.0 Å². The van der Waals surface area contributed by atoms with Crippen molar-refractivity contribution in [1.82, 2.24) is 10.6 Å². The fourth-order valence-electron chi connectivity index (χ4n) is 8.64. The molecule has 22 nitrogen and oxygen atoms in total. The summed E-state index contributed by atoms with van der Waals surface area (Å²) in [5, 5.41) is 156. The molecule has 0 aliphatic carbocycles. The maximum Gasteiger partial charge on any atom is 0.141 e. The van der Waals surface area contributed by atoms with Gasteiger partial charge in [-0.3, -0.25) is 24.7 Å². The zero-order valence-electron chi connectivity index (χ0n) is 49.8. The Balaban J connectivity index is -0.00000110. The number of aliphatic hydroxyl groups excluding tert-OH is 16. The summed E-state index contributed by atoms with van der Waals surface area (Å²) in [5.74, 6) is 2.01. The van der Waals surface area contributed by atoms with Crippen molar-refractivity contribution < 1.29 is 96.1 Å². The molecule has 470 valence electrons. The molecule has 0 saturated heterocycles. The smallest absolute Gasteiger partial charge is 0.141 e. The van der Waals surface area contributed by atoms with Crippen LogP contribution in [-0.4, -0.2) is 218 Å². The molecule has 15 unspecified atom stereocenters. The van der Waals surface area contributed by atoms with Crippen LogP contribution in [-0.2, 0) is 14.4 Å². The van der Waals surface area contributed by atoms with Crippen molar-refractivity contribution in [2.24, 2.45) is 58.3 Å². The maximum absolute atomic E-state index is 12.3. The predicted octanol–water partition coefficient (Wildman–Crippen LogP) is 1.05. The average molecular weight is 1140 g/mol. The van der Waals surface area contributed by atoms with E-state index in [1.54, 1.807) is 0 Å². The molecule has 0 aliphatic heterocycles. The minimum atomic E-state index is -1.81. The number of hydrogen-bond donors (Lipinski definition) is 18. The molecular weight excluding hydrogens is 1030 g/mol. The molecule has 0 heterocycles. The third-order valence-corrected chi connectivity index (χ3v) is 13.3. The largest absolute Gasteiger partial charge is 0.508 e. The lowest BCUT2D eigenvalue weighted by molar-refractivity contribution is -0.145. The van der Waals surface area contributed by atoms with Crippen LogP contribution in [0.25, 0.3) is 0 Å². The molecule has 0 aromatic rings. The number of nitrogens with one attached hydrogen (secondary N) is 2. The molecular formula is C57H113N3O19. The molecule has 0 radical (unpaired) electrons. The van der Waals surface area contributed by atoms with Gasteiger partial charge in [0.1, 0.15) is 96.5 Å². The van der Waals surface area contributed by atoms with E-state index in [1.807, 2.05) is 41.5 Å². The van der Waals surface area contributed by atoms with E-state index in [0.717, 1.165) is 76.8 Å². The second-order valence-electron chi connectivity index (χ2n) is 23.2. The molecule has 0 aliphatic rings. The average Bonchev–Trinajstić information content (AvgIpc) is 3.40. The third-order valence-electron chi connectivity index (χ3n) is 13.3. The number of nitrogens with zero attached hydrogens (tertiary/aromatic N) is 1. The lowest BCUT2D eigenvalue weighted by Gasteiger charge is -2.28. The normalized spacial score (nSPS) is 18.2. The van der Waals surface area contributed by atoms with Gasteiger partial charge in [0.05, 0.1) is 19.8 Å². The Bertz CT molecular complexity index is 1600. The number of unbranched alkanes of at least 4 members (excludes halogenated alkanes) is 3. The number of ketones is 3. The van der Waals surface area contributed by atoms with Crippen molar-refractivity contribution in [3.8, 4) is 0 Å².